The number of phenols is 1. The van der Waals surface area contributed by atoms with Gasteiger partial charge in [-0.25, -0.2) is 4.39 Å². The first-order valence-corrected chi connectivity index (χ1v) is 4.21. The lowest BCUT2D eigenvalue weighted by Crippen LogP contribution is -1.87. The van der Waals surface area contributed by atoms with E-state index in [0.29, 0.717) is 4.47 Å². The van der Waals surface area contributed by atoms with Gasteiger partial charge in [-0.3, -0.25) is 0 Å². The fraction of sp³-hybridized carbons (Fsp3) is 0.143. The van der Waals surface area contributed by atoms with E-state index in [9.17, 15) is 4.39 Å². The molecule has 0 fully saturated rings. The van der Waals surface area contributed by atoms with Crippen LogP contribution in [0.15, 0.2) is 16.6 Å². The maximum absolute atomic E-state index is 13.0. The van der Waals surface area contributed by atoms with Crippen molar-refractivity contribution < 1.29 is 9.50 Å². The van der Waals surface area contributed by atoms with Crippen LogP contribution in [0.1, 0.15) is 5.56 Å². The van der Waals surface area contributed by atoms with E-state index in [2.05, 4.69) is 15.9 Å². The van der Waals surface area contributed by atoms with Gasteiger partial charge >= 0.3 is 0 Å². The number of hydrogen-bond donors (Lipinski definition) is 1. The number of benzene rings is 1. The summed E-state index contributed by atoms with van der Waals surface area (Å²) < 4.78 is 13.3. The molecule has 1 aromatic rings. The molecule has 0 radical (unpaired) electrons. The van der Waals surface area contributed by atoms with E-state index in [1.807, 2.05) is 0 Å². The van der Waals surface area contributed by atoms with Crippen LogP contribution in [-0.2, 0) is 5.88 Å². The predicted octanol–water partition coefficient (Wildman–Crippen LogP) is 3.03. The highest BCUT2D eigenvalue weighted by Crippen LogP contribution is 2.27. The van der Waals surface area contributed by atoms with Crippen LogP contribution in [0.5, 0.6) is 5.75 Å². The normalized spacial score (nSPS) is 10.1. The quantitative estimate of drug-likeness (QED) is 0.747. The van der Waals surface area contributed by atoms with E-state index < -0.39 is 5.82 Å². The molecule has 0 aliphatic rings. The van der Waals surface area contributed by atoms with Gasteiger partial charge < -0.3 is 5.11 Å². The second-order valence-corrected chi connectivity index (χ2v) is 3.11. The van der Waals surface area contributed by atoms with Crippen LogP contribution in [0.2, 0.25) is 0 Å². The smallest absolute Gasteiger partial charge is 0.145 e. The third-order valence-corrected chi connectivity index (χ3v) is 2.18. The summed E-state index contributed by atoms with van der Waals surface area (Å²) >= 11 is 8.36. The third kappa shape index (κ3) is 1.65. The number of halogens is 3. The van der Waals surface area contributed by atoms with Gasteiger partial charge in [-0.1, -0.05) is 0 Å². The van der Waals surface area contributed by atoms with E-state index in [4.69, 9.17) is 16.7 Å². The zero-order valence-electron chi connectivity index (χ0n) is 5.44. The van der Waals surface area contributed by atoms with E-state index in [-0.39, 0.29) is 17.2 Å². The molecule has 1 aromatic carbocycles. The van der Waals surface area contributed by atoms with Crippen molar-refractivity contribution in [3.05, 3.63) is 28.0 Å². The van der Waals surface area contributed by atoms with Crippen LogP contribution in [0, 0.1) is 5.82 Å². The summed E-state index contributed by atoms with van der Waals surface area (Å²) in [6.45, 7) is 0. The average molecular weight is 239 g/mol. The molecule has 0 saturated heterocycles. The largest absolute Gasteiger partial charge is 0.508 e. The van der Waals surface area contributed by atoms with E-state index in [1.165, 1.54) is 12.1 Å². The minimum absolute atomic E-state index is 0.0306. The van der Waals surface area contributed by atoms with Crippen LogP contribution in [0.4, 0.5) is 4.39 Å². The lowest BCUT2D eigenvalue weighted by molar-refractivity contribution is 0.461. The van der Waals surface area contributed by atoms with Gasteiger partial charge in [0.2, 0.25) is 0 Å². The Morgan fingerprint density at radius 2 is 2.18 bits per heavy atom. The molecule has 1 nitrogen and oxygen atoms in total. The van der Waals surface area contributed by atoms with Gasteiger partial charge in [-0.2, -0.15) is 0 Å². The fourth-order valence-electron chi connectivity index (χ4n) is 0.710. The lowest BCUT2D eigenvalue weighted by Gasteiger charge is -2.02. The maximum Gasteiger partial charge on any atom is 0.145 e. The molecule has 0 saturated carbocycles. The van der Waals surface area contributed by atoms with Crippen molar-refractivity contribution in [1.29, 1.82) is 0 Å². The van der Waals surface area contributed by atoms with Gasteiger partial charge in [-0.15, -0.1) is 11.6 Å². The molecule has 0 heterocycles. The molecule has 1 N–H and O–H groups in total. The highest BCUT2D eigenvalue weighted by atomic mass is 79.9. The molecule has 0 aliphatic heterocycles. The summed E-state index contributed by atoms with van der Waals surface area (Å²) in [7, 11) is 0. The maximum atomic E-state index is 13.0. The van der Waals surface area contributed by atoms with Crippen LogP contribution in [0.3, 0.4) is 0 Å². The van der Waals surface area contributed by atoms with E-state index >= 15 is 0 Å². The molecule has 0 unspecified atom stereocenters. The minimum Gasteiger partial charge on any atom is -0.508 e. The predicted molar refractivity (Wildman–Crippen MR) is 45.3 cm³/mol. The van der Waals surface area contributed by atoms with Crippen molar-refractivity contribution in [2.45, 2.75) is 5.88 Å². The zero-order chi connectivity index (χ0) is 8.43. The molecule has 0 aliphatic carbocycles. The Hall–Kier alpha value is -0.280. The highest BCUT2D eigenvalue weighted by molar-refractivity contribution is 9.10. The van der Waals surface area contributed by atoms with Gasteiger partial charge in [0.05, 0.1) is 10.4 Å². The summed E-state index contributed by atoms with van der Waals surface area (Å²) in [5.41, 5.74) is 0.126. The topological polar surface area (TPSA) is 20.2 Å². The molecule has 0 spiro atoms. The van der Waals surface area contributed by atoms with Crippen LogP contribution in [0.25, 0.3) is 0 Å². The van der Waals surface area contributed by atoms with Crippen molar-refractivity contribution in [3.8, 4) is 5.75 Å². The molecule has 1 rings (SSSR count). The Kier molecular flexibility index (Phi) is 2.73. The first-order chi connectivity index (χ1) is 5.16. The highest BCUT2D eigenvalue weighted by Gasteiger charge is 2.09. The molecule has 60 valence electrons. The van der Waals surface area contributed by atoms with Gasteiger partial charge in [0, 0.05) is 5.56 Å². The monoisotopic (exact) mass is 238 g/mol. The summed E-state index contributed by atoms with van der Waals surface area (Å²) in [6, 6.07) is 2.82. The SMILES string of the molecule is Oc1ccc(Br)c(F)c1CCl. The first kappa shape index (κ1) is 8.81. The average Bonchev–Trinajstić information content (AvgIpc) is 1.99. The summed E-state index contributed by atoms with van der Waals surface area (Å²) in [5, 5.41) is 9.07. The Morgan fingerprint density at radius 1 is 1.55 bits per heavy atom. The zero-order valence-corrected chi connectivity index (χ0v) is 7.78. The van der Waals surface area contributed by atoms with Crippen molar-refractivity contribution >= 4 is 27.5 Å². The van der Waals surface area contributed by atoms with Gasteiger partial charge in [-0.05, 0) is 28.1 Å². The first-order valence-electron chi connectivity index (χ1n) is 2.88. The molecule has 0 atom stereocenters. The summed E-state index contributed by atoms with van der Waals surface area (Å²) in [5.74, 6) is -0.641. The van der Waals surface area contributed by atoms with Crippen molar-refractivity contribution in [1.82, 2.24) is 0 Å². The summed E-state index contributed by atoms with van der Waals surface area (Å²) in [4.78, 5) is 0. The Balaban J connectivity index is 3.29. The number of phenolic OH excluding ortho intramolecular Hbond substituents is 1. The standard InChI is InChI=1S/C7H5BrClFO/c8-5-1-2-6(11)4(3-9)7(5)10/h1-2,11H,3H2. The lowest BCUT2D eigenvalue weighted by atomic mass is 10.2. The number of alkyl halides is 1. The van der Waals surface area contributed by atoms with Crippen molar-refractivity contribution in [2.24, 2.45) is 0 Å². The molecule has 11 heavy (non-hydrogen) atoms. The molecule has 0 amide bonds. The molecule has 0 bridgehead atoms. The third-order valence-electron chi connectivity index (χ3n) is 1.30. The number of hydrogen-bond acceptors (Lipinski definition) is 1. The minimum atomic E-state index is -0.500. The molecular formula is C7H5BrClFO. The molecule has 0 aromatic heterocycles. The Labute approximate surface area is 76.9 Å². The van der Waals surface area contributed by atoms with E-state index in [1.54, 1.807) is 0 Å². The Morgan fingerprint density at radius 3 is 2.64 bits per heavy atom. The summed E-state index contributed by atoms with van der Waals surface area (Å²) in [6.07, 6.45) is 0. The second-order valence-electron chi connectivity index (χ2n) is 1.99. The fourth-order valence-corrected chi connectivity index (χ4v) is 1.34. The van der Waals surface area contributed by atoms with Crippen molar-refractivity contribution in [3.63, 3.8) is 0 Å². The van der Waals surface area contributed by atoms with Gasteiger partial charge in [0.15, 0.2) is 0 Å². The second kappa shape index (κ2) is 3.41. The van der Waals surface area contributed by atoms with Gasteiger partial charge in [0.25, 0.3) is 0 Å². The molecule has 4 heteroatoms. The van der Waals surface area contributed by atoms with Crippen LogP contribution >= 0.6 is 27.5 Å². The van der Waals surface area contributed by atoms with E-state index in [0.717, 1.165) is 0 Å². The van der Waals surface area contributed by atoms with Crippen LogP contribution in [-0.4, -0.2) is 5.11 Å². The Bertz CT molecular complexity index is 277. The number of aromatic hydroxyl groups is 1. The number of rotatable bonds is 1. The van der Waals surface area contributed by atoms with Gasteiger partial charge in [0.1, 0.15) is 11.6 Å². The van der Waals surface area contributed by atoms with Crippen LogP contribution < -0.4 is 0 Å². The van der Waals surface area contributed by atoms with Crippen molar-refractivity contribution in [2.75, 3.05) is 0 Å². The molecular weight excluding hydrogens is 234 g/mol.